The number of aryl methyl sites for hydroxylation is 3. The Morgan fingerprint density at radius 1 is 1.17 bits per heavy atom. The molecule has 0 spiro atoms. The average molecular weight is 410 g/mol. The van der Waals surface area contributed by atoms with E-state index in [9.17, 15) is 0 Å². The van der Waals surface area contributed by atoms with Crippen molar-refractivity contribution in [3.63, 3.8) is 0 Å². The Balaban J connectivity index is 1.73. The third-order valence-corrected chi connectivity index (χ3v) is 5.92. The molecule has 0 amide bonds. The predicted molar refractivity (Wildman–Crippen MR) is 119 cm³/mol. The van der Waals surface area contributed by atoms with Gasteiger partial charge in [0, 0.05) is 44.6 Å². The molecule has 1 aliphatic rings. The smallest absolute Gasteiger partial charge is 0.228 e. The molecule has 4 rings (SSSR count). The number of hydrogen-bond acceptors (Lipinski definition) is 8. The first-order valence-corrected chi connectivity index (χ1v) is 10.6. The number of anilines is 2. The topological polar surface area (TPSA) is 87.9 Å². The van der Waals surface area contributed by atoms with Crippen molar-refractivity contribution in [1.29, 1.82) is 0 Å². The second-order valence-corrected chi connectivity index (χ2v) is 8.19. The molecule has 3 aromatic rings. The molecular formula is C21H31N9. The molecule has 1 saturated heterocycles. The molecule has 1 aliphatic heterocycles. The Kier molecular flexibility index (Phi) is 5.55. The Morgan fingerprint density at radius 3 is 2.70 bits per heavy atom. The van der Waals surface area contributed by atoms with Crippen molar-refractivity contribution in [2.45, 2.75) is 46.2 Å². The number of likely N-dealkylation sites (N-methyl/N-ethyl adjacent to an activating group) is 1. The van der Waals surface area contributed by atoms with Crippen LogP contribution in [0.4, 0.5) is 11.8 Å². The summed E-state index contributed by atoms with van der Waals surface area (Å²) in [6.45, 7) is 11.1. The second kappa shape index (κ2) is 8.14. The van der Waals surface area contributed by atoms with E-state index < -0.39 is 0 Å². The summed E-state index contributed by atoms with van der Waals surface area (Å²) in [6, 6.07) is 2.31. The van der Waals surface area contributed by atoms with Gasteiger partial charge >= 0.3 is 0 Å². The van der Waals surface area contributed by atoms with Crippen molar-refractivity contribution in [3.8, 4) is 0 Å². The van der Waals surface area contributed by atoms with Crippen LogP contribution in [0.25, 0.3) is 11.0 Å². The zero-order valence-electron chi connectivity index (χ0n) is 18.7. The molecule has 1 fully saturated rings. The number of nitrogens with one attached hydrogen (secondary N) is 1. The average Bonchev–Trinajstić information content (AvgIpc) is 3.02. The fourth-order valence-electron chi connectivity index (χ4n) is 4.08. The quantitative estimate of drug-likeness (QED) is 0.688. The molecule has 9 nitrogen and oxygen atoms in total. The summed E-state index contributed by atoms with van der Waals surface area (Å²) in [7, 11) is 4.12. The van der Waals surface area contributed by atoms with E-state index in [2.05, 4.69) is 51.1 Å². The van der Waals surface area contributed by atoms with Gasteiger partial charge in [-0.25, -0.2) is 15.0 Å². The lowest BCUT2D eigenvalue weighted by Gasteiger charge is -2.39. The zero-order valence-corrected chi connectivity index (χ0v) is 18.7. The minimum atomic E-state index is -0.0954. The van der Waals surface area contributed by atoms with Crippen molar-refractivity contribution in [3.05, 3.63) is 29.5 Å². The monoisotopic (exact) mass is 409 g/mol. The van der Waals surface area contributed by atoms with Crippen LogP contribution in [0.15, 0.2) is 12.3 Å². The molecule has 1 N–H and O–H groups in total. The van der Waals surface area contributed by atoms with Gasteiger partial charge in [-0.3, -0.25) is 9.58 Å². The molecule has 3 aromatic heterocycles. The summed E-state index contributed by atoms with van der Waals surface area (Å²) >= 11 is 0. The molecule has 0 saturated carbocycles. The van der Waals surface area contributed by atoms with E-state index in [0.717, 1.165) is 66.1 Å². The van der Waals surface area contributed by atoms with Gasteiger partial charge in [0.25, 0.3) is 0 Å². The zero-order chi connectivity index (χ0) is 21.4. The highest BCUT2D eigenvalue weighted by atomic mass is 15.4. The van der Waals surface area contributed by atoms with E-state index in [1.54, 1.807) is 6.20 Å². The molecule has 2 unspecified atom stereocenters. The molecule has 0 aromatic carbocycles. The maximum absolute atomic E-state index is 4.95. The number of aromatic nitrogens is 6. The maximum atomic E-state index is 4.95. The maximum Gasteiger partial charge on any atom is 0.228 e. The summed E-state index contributed by atoms with van der Waals surface area (Å²) < 4.78 is 1.85. The van der Waals surface area contributed by atoms with Crippen LogP contribution >= 0.6 is 0 Å². The first kappa shape index (κ1) is 20.5. The normalized spacial score (nSPS) is 18.7. The van der Waals surface area contributed by atoms with Crippen molar-refractivity contribution in [1.82, 2.24) is 34.6 Å². The molecule has 4 heterocycles. The molecule has 0 radical (unpaired) electrons. The van der Waals surface area contributed by atoms with Crippen molar-refractivity contribution in [2.75, 3.05) is 36.9 Å². The van der Waals surface area contributed by atoms with E-state index in [0.29, 0.717) is 6.04 Å². The largest absolute Gasteiger partial charge is 0.358 e. The lowest BCUT2D eigenvalue weighted by atomic mass is 10.1. The van der Waals surface area contributed by atoms with Crippen molar-refractivity contribution in [2.24, 2.45) is 7.05 Å². The van der Waals surface area contributed by atoms with Crippen LogP contribution < -0.4 is 10.2 Å². The molecule has 30 heavy (non-hydrogen) atoms. The number of hydrogen-bond donors (Lipinski definition) is 1. The summed E-state index contributed by atoms with van der Waals surface area (Å²) in [5.74, 6) is 2.26. The lowest BCUT2D eigenvalue weighted by Crippen LogP contribution is -2.51. The molecule has 9 heteroatoms. The van der Waals surface area contributed by atoms with E-state index in [1.807, 2.05) is 31.6 Å². The van der Waals surface area contributed by atoms with Crippen LogP contribution in [0.3, 0.4) is 0 Å². The molecule has 2 atom stereocenters. The summed E-state index contributed by atoms with van der Waals surface area (Å²) in [4.78, 5) is 23.6. The Bertz CT molecular complexity index is 1040. The second-order valence-electron chi connectivity index (χ2n) is 8.19. The lowest BCUT2D eigenvalue weighted by molar-refractivity contribution is 0.212. The summed E-state index contributed by atoms with van der Waals surface area (Å²) in [6.07, 6.45) is 2.90. The number of piperazine rings is 1. The van der Waals surface area contributed by atoms with Gasteiger partial charge in [-0.1, -0.05) is 6.92 Å². The van der Waals surface area contributed by atoms with Gasteiger partial charge in [0.2, 0.25) is 5.95 Å². The Hall–Kier alpha value is -2.81. The highest BCUT2D eigenvalue weighted by molar-refractivity contribution is 5.88. The van der Waals surface area contributed by atoms with Gasteiger partial charge in [0.1, 0.15) is 16.9 Å². The van der Waals surface area contributed by atoms with E-state index >= 15 is 0 Å². The van der Waals surface area contributed by atoms with Gasteiger partial charge < -0.3 is 10.2 Å². The van der Waals surface area contributed by atoms with Gasteiger partial charge in [-0.05, 0) is 40.3 Å². The van der Waals surface area contributed by atoms with Crippen molar-refractivity contribution >= 4 is 22.8 Å². The van der Waals surface area contributed by atoms with Gasteiger partial charge in [-0.15, -0.1) is 0 Å². The first-order chi connectivity index (χ1) is 14.4. The minimum absolute atomic E-state index is 0.0954. The fourth-order valence-corrected chi connectivity index (χ4v) is 4.08. The highest BCUT2D eigenvalue weighted by Crippen LogP contribution is 2.28. The predicted octanol–water partition coefficient (Wildman–Crippen LogP) is 2.47. The van der Waals surface area contributed by atoms with Gasteiger partial charge in [-0.2, -0.15) is 10.1 Å². The van der Waals surface area contributed by atoms with Crippen molar-refractivity contribution < 1.29 is 0 Å². The highest BCUT2D eigenvalue weighted by Gasteiger charge is 2.26. The SMILES string of the molecule is CCC1CN(c2nc(NC(C)c3nccc(C)n3)c3c(n2)c(C)nn3C)CCN1C. The third kappa shape index (κ3) is 3.81. The van der Waals surface area contributed by atoms with Crippen LogP contribution in [0.2, 0.25) is 0 Å². The Morgan fingerprint density at radius 2 is 1.97 bits per heavy atom. The molecule has 0 aliphatic carbocycles. The first-order valence-electron chi connectivity index (χ1n) is 10.6. The van der Waals surface area contributed by atoms with E-state index in [4.69, 9.17) is 9.97 Å². The fraction of sp³-hybridized carbons (Fsp3) is 0.571. The van der Waals surface area contributed by atoms with Crippen LogP contribution in [-0.2, 0) is 7.05 Å². The number of rotatable bonds is 5. The summed E-state index contributed by atoms with van der Waals surface area (Å²) in [5.41, 5.74) is 3.63. The minimum Gasteiger partial charge on any atom is -0.358 e. The van der Waals surface area contributed by atoms with E-state index in [-0.39, 0.29) is 6.04 Å². The summed E-state index contributed by atoms with van der Waals surface area (Å²) in [5, 5.41) is 8.11. The van der Waals surface area contributed by atoms with E-state index in [1.165, 1.54) is 0 Å². The third-order valence-electron chi connectivity index (χ3n) is 5.92. The van der Waals surface area contributed by atoms with Gasteiger partial charge in [0.05, 0.1) is 11.7 Å². The van der Waals surface area contributed by atoms with Crippen LogP contribution in [0, 0.1) is 13.8 Å². The van der Waals surface area contributed by atoms with Crippen LogP contribution in [-0.4, -0.2) is 67.3 Å². The van der Waals surface area contributed by atoms with Gasteiger partial charge in [0.15, 0.2) is 5.82 Å². The van der Waals surface area contributed by atoms with Crippen LogP contribution in [0.1, 0.15) is 43.5 Å². The number of fused-ring (bicyclic) bond motifs is 1. The Labute approximate surface area is 177 Å². The van der Waals surface area contributed by atoms with Crippen LogP contribution in [0.5, 0.6) is 0 Å². The number of nitrogens with zero attached hydrogens (tertiary/aromatic N) is 8. The molecular weight excluding hydrogens is 378 g/mol. The standard InChI is InChI=1S/C21H31N9/c1-7-16-12-30(11-10-28(16)5)21-25-17-14(3)27-29(6)18(17)20(26-21)24-15(4)19-22-9-8-13(2)23-19/h8-9,15-16H,7,10-12H2,1-6H3,(H,24,25,26). The molecule has 160 valence electrons. The molecule has 0 bridgehead atoms.